The van der Waals surface area contributed by atoms with Crippen molar-refractivity contribution in [3.8, 4) is 5.75 Å². The molecule has 3 aromatic rings. The number of methoxy groups -OCH3 is 1. The standard InChI is InChI=1S/C18H18N2O4/c1-3-23-18(21)14-11-20-17-13(7-4-8-15(17)22-2)16(14)19-10-12-6-5-9-24-12/h4-9,11H,3,10H2,1-2H3,(H,19,20). The van der Waals surface area contributed by atoms with Gasteiger partial charge in [0.15, 0.2) is 0 Å². The molecule has 0 bridgehead atoms. The van der Waals surface area contributed by atoms with Gasteiger partial charge in [-0.2, -0.15) is 0 Å². The van der Waals surface area contributed by atoms with E-state index in [2.05, 4.69) is 10.3 Å². The number of ether oxygens (including phenoxy) is 2. The zero-order chi connectivity index (χ0) is 16.9. The maximum absolute atomic E-state index is 12.3. The lowest BCUT2D eigenvalue weighted by atomic mass is 10.1. The van der Waals surface area contributed by atoms with Crippen molar-refractivity contribution in [2.45, 2.75) is 13.5 Å². The summed E-state index contributed by atoms with van der Waals surface area (Å²) >= 11 is 0. The summed E-state index contributed by atoms with van der Waals surface area (Å²) in [5.41, 5.74) is 1.70. The summed E-state index contributed by atoms with van der Waals surface area (Å²) in [6, 6.07) is 9.25. The highest BCUT2D eigenvalue weighted by Crippen LogP contribution is 2.32. The summed E-state index contributed by atoms with van der Waals surface area (Å²) in [6.07, 6.45) is 3.12. The molecule has 24 heavy (non-hydrogen) atoms. The Labute approximate surface area is 139 Å². The second-order valence-corrected chi connectivity index (χ2v) is 5.06. The molecule has 1 N–H and O–H groups in total. The van der Waals surface area contributed by atoms with Crippen molar-refractivity contribution in [3.63, 3.8) is 0 Å². The Morgan fingerprint density at radius 3 is 2.88 bits per heavy atom. The van der Waals surface area contributed by atoms with Crippen LogP contribution in [0.3, 0.4) is 0 Å². The van der Waals surface area contributed by atoms with Crippen LogP contribution in [0.25, 0.3) is 10.9 Å². The minimum atomic E-state index is -0.420. The lowest BCUT2D eigenvalue weighted by Crippen LogP contribution is -2.11. The Bertz CT molecular complexity index is 844. The van der Waals surface area contributed by atoms with Crippen LogP contribution in [0.4, 0.5) is 5.69 Å². The third-order valence-corrected chi connectivity index (χ3v) is 3.60. The molecule has 0 aliphatic heterocycles. The van der Waals surface area contributed by atoms with E-state index < -0.39 is 5.97 Å². The lowest BCUT2D eigenvalue weighted by molar-refractivity contribution is 0.0527. The van der Waals surface area contributed by atoms with Gasteiger partial charge >= 0.3 is 5.97 Å². The van der Waals surface area contributed by atoms with E-state index in [0.717, 1.165) is 11.1 Å². The van der Waals surface area contributed by atoms with Crippen molar-refractivity contribution in [1.29, 1.82) is 0 Å². The van der Waals surface area contributed by atoms with E-state index in [0.29, 0.717) is 35.7 Å². The number of carbonyl (C=O) groups is 1. The van der Waals surface area contributed by atoms with E-state index in [9.17, 15) is 4.79 Å². The highest BCUT2D eigenvalue weighted by atomic mass is 16.5. The molecule has 3 rings (SSSR count). The van der Waals surface area contributed by atoms with Gasteiger partial charge in [-0.3, -0.25) is 4.98 Å². The number of pyridine rings is 1. The van der Waals surface area contributed by atoms with Gasteiger partial charge < -0.3 is 19.2 Å². The molecular formula is C18H18N2O4. The van der Waals surface area contributed by atoms with Gasteiger partial charge in [-0.25, -0.2) is 4.79 Å². The third kappa shape index (κ3) is 3.03. The van der Waals surface area contributed by atoms with Crippen molar-refractivity contribution in [3.05, 3.63) is 54.1 Å². The van der Waals surface area contributed by atoms with Gasteiger partial charge in [-0.1, -0.05) is 12.1 Å². The monoisotopic (exact) mass is 326 g/mol. The highest BCUT2D eigenvalue weighted by Gasteiger charge is 2.18. The van der Waals surface area contributed by atoms with Crippen LogP contribution in [0.5, 0.6) is 5.75 Å². The van der Waals surface area contributed by atoms with Crippen LogP contribution < -0.4 is 10.1 Å². The first-order valence-corrected chi connectivity index (χ1v) is 7.63. The first kappa shape index (κ1) is 15.9. The molecule has 2 aromatic heterocycles. The molecule has 0 aliphatic carbocycles. The molecule has 0 aliphatic rings. The molecule has 0 fully saturated rings. The van der Waals surface area contributed by atoms with E-state index >= 15 is 0 Å². The fraction of sp³-hybridized carbons (Fsp3) is 0.222. The highest BCUT2D eigenvalue weighted by molar-refractivity contribution is 6.06. The summed E-state index contributed by atoms with van der Waals surface area (Å²) in [6.45, 7) is 2.51. The summed E-state index contributed by atoms with van der Waals surface area (Å²) in [4.78, 5) is 16.6. The quantitative estimate of drug-likeness (QED) is 0.697. The molecule has 0 radical (unpaired) electrons. The Morgan fingerprint density at radius 1 is 1.29 bits per heavy atom. The van der Waals surface area contributed by atoms with Gasteiger partial charge in [0.2, 0.25) is 0 Å². The van der Waals surface area contributed by atoms with E-state index in [1.54, 1.807) is 20.3 Å². The van der Waals surface area contributed by atoms with Crippen LogP contribution in [0.1, 0.15) is 23.0 Å². The Hall–Kier alpha value is -3.02. The molecular weight excluding hydrogens is 308 g/mol. The number of nitrogens with zero attached hydrogens (tertiary/aromatic N) is 1. The number of rotatable bonds is 6. The maximum Gasteiger partial charge on any atom is 0.341 e. The molecule has 2 heterocycles. The first-order chi connectivity index (χ1) is 11.7. The lowest BCUT2D eigenvalue weighted by Gasteiger charge is -2.14. The van der Waals surface area contributed by atoms with Crippen LogP contribution >= 0.6 is 0 Å². The number of para-hydroxylation sites is 1. The fourth-order valence-corrected chi connectivity index (χ4v) is 2.50. The summed E-state index contributed by atoms with van der Waals surface area (Å²) in [7, 11) is 1.59. The summed E-state index contributed by atoms with van der Waals surface area (Å²) < 4.78 is 15.8. The minimum absolute atomic E-state index is 0.298. The van der Waals surface area contributed by atoms with Crippen LogP contribution in [0.15, 0.2) is 47.2 Å². The van der Waals surface area contributed by atoms with Crippen molar-refractivity contribution < 1.29 is 18.7 Å². The van der Waals surface area contributed by atoms with Crippen molar-refractivity contribution >= 4 is 22.6 Å². The van der Waals surface area contributed by atoms with Crippen LogP contribution in [-0.4, -0.2) is 24.7 Å². The molecule has 6 nitrogen and oxygen atoms in total. The van der Waals surface area contributed by atoms with Crippen molar-refractivity contribution in [2.24, 2.45) is 0 Å². The number of carbonyl (C=O) groups excluding carboxylic acids is 1. The van der Waals surface area contributed by atoms with Crippen molar-refractivity contribution in [2.75, 3.05) is 19.0 Å². The van der Waals surface area contributed by atoms with Gasteiger partial charge in [0, 0.05) is 11.6 Å². The molecule has 0 saturated heterocycles. The molecule has 124 valence electrons. The molecule has 0 amide bonds. The van der Waals surface area contributed by atoms with Crippen molar-refractivity contribution in [1.82, 2.24) is 4.98 Å². The largest absolute Gasteiger partial charge is 0.494 e. The number of nitrogens with one attached hydrogen (secondary N) is 1. The molecule has 0 spiro atoms. The number of fused-ring (bicyclic) bond motifs is 1. The van der Waals surface area contributed by atoms with Gasteiger partial charge in [-0.15, -0.1) is 0 Å². The van der Waals surface area contributed by atoms with Gasteiger partial charge in [0.1, 0.15) is 22.6 Å². The minimum Gasteiger partial charge on any atom is -0.494 e. The van der Waals surface area contributed by atoms with Crippen LogP contribution in [-0.2, 0) is 11.3 Å². The zero-order valence-electron chi connectivity index (χ0n) is 13.5. The number of furan rings is 1. The normalized spacial score (nSPS) is 10.6. The third-order valence-electron chi connectivity index (χ3n) is 3.60. The second kappa shape index (κ2) is 7.04. The van der Waals surface area contributed by atoms with Gasteiger partial charge in [-0.05, 0) is 25.1 Å². The smallest absolute Gasteiger partial charge is 0.341 e. The molecule has 0 saturated carbocycles. The van der Waals surface area contributed by atoms with E-state index in [-0.39, 0.29) is 0 Å². The number of hydrogen-bond donors (Lipinski definition) is 1. The SMILES string of the molecule is CCOC(=O)c1cnc2c(OC)cccc2c1NCc1ccco1. The van der Waals surface area contributed by atoms with Gasteiger partial charge in [0.25, 0.3) is 0 Å². The van der Waals surface area contributed by atoms with E-state index in [4.69, 9.17) is 13.9 Å². The van der Waals surface area contributed by atoms with Gasteiger partial charge in [0.05, 0.1) is 32.2 Å². The van der Waals surface area contributed by atoms with Crippen LogP contribution in [0.2, 0.25) is 0 Å². The predicted octanol–water partition coefficient (Wildman–Crippen LogP) is 3.63. The number of aromatic nitrogens is 1. The molecule has 6 heteroatoms. The molecule has 0 atom stereocenters. The maximum atomic E-state index is 12.3. The second-order valence-electron chi connectivity index (χ2n) is 5.06. The van der Waals surface area contributed by atoms with E-state index in [1.807, 2.05) is 30.3 Å². The average molecular weight is 326 g/mol. The predicted molar refractivity (Wildman–Crippen MR) is 90.3 cm³/mol. The Balaban J connectivity index is 2.08. The number of anilines is 1. The average Bonchev–Trinajstić information content (AvgIpc) is 3.12. The van der Waals surface area contributed by atoms with E-state index in [1.165, 1.54) is 6.20 Å². The summed E-state index contributed by atoms with van der Waals surface area (Å²) in [5.74, 6) is 0.985. The first-order valence-electron chi connectivity index (χ1n) is 7.63. The number of esters is 1. The Kier molecular flexibility index (Phi) is 4.65. The molecule has 0 unspecified atom stereocenters. The number of benzene rings is 1. The topological polar surface area (TPSA) is 73.6 Å². The number of hydrogen-bond acceptors (Lipinski definition) is 6. The fourth-order valence-electron chi connectivity index (χ4n) is 2.50. The summed E-state index contributed by atoms with van der Waals surface area (Å²) in [5, 5.41) is 4.04. The zero-order valence-corrected chi connectivity index (χ0v) is 13.5. The Morgan fingerprint density at radius 2 is 2.17 bits per heavy atom. The molecule has 1 aromatic carbocycles. The van der Waals surface area contributed by atoms with Crippen LogP contribution in [0, 0.1) is 0 Å².